The van der Waals surface area contributed by atoms with Gasteiger partial charge in [0.05, 0.1) is 0 Å². The molecule has 1 aliphatic heterocycles. The van der Waals surface area contributed by atoms with Crippen LogP contribution in [0.2, 0.25) is 0 Å². The maximum Gasteiger partial charge on any atom is 0.127 e. The molecular weight excluding hydrogens is 251 g/mol. The van der Waals surface area contributed by atoms with Gasteiger partial charge < -0.3 is 10.2 Å². The number of hydrogen-bond donors (Lipinski definition) is 1. The first-order chi connectivity index (χ1) is 9.72. The lowest BCUT2D eigenvalue weighted by atomic mass is 9.93. The fraction of sp³-hybridized carbons (Fsp3) is 0.647. The Bertz CT molecular complexity index is 400. The fourth-order valence-electron chi connectivity index (χ4n) is 3.31. The van der Waals surface area contributed by atoms with Crippen molar-refractivity contribution in [3.63, 3.8) is 0 Å². The fourth-order valence-corrected chi connectivity index (χ4v) is 3.31. The van der Waals surface area contributed by atoms with Gasteiger partial charge in [-0.1, -0.05) is 38.0 Å². The first-order valence-electron chi connectivity index (χ1n) is 7.86. The van der Waals surface area contributed by atoms with Gasteiger partial charge in [-0.3, -0.25) is 0 Å². The number of likely N-dealkylation sites (tertiary alicyclic amines) is 1. The number of rotatable bonds is 5. The van der Waals surface area contributed by atoms with Gasteiger partial charge in [-0.25, -0.2) is 4.39 Å². The van der Waals surface area contributed by atoms with Crippen molar-refractivity contribution in [2.45, 2.75) is 38.6 Å². The predicted octanol–water partition coefficient (Wildman–Crippen LogP) is 3.60. The summed E-state index contributed by atoms with van der Waals surface area (Å²) in [6, 6.07) is 7.21. The Labute approximate surface area is 122 Å². The van der Waals surface area contributed by atoms with Gasteiger partial charge in [0.1, 0.15) is 5.82 Å². The van der Waals surface area contributed by atoms with E-state index in [0.717, 1.165) is 12.1 Å². The summed E-state index contributed by atoms with van der Waals surface area (Å²) in [6.07, 6.45) is 5.31. The normalized spacial score (nSPS) is 20.4. The number of benzene rings is 1. The Hall–Kier alpha value is -0.930. The van der Waals surface area contributed by atoms with Crippen molar-refractivity contribution in [2.24, 2.45) is 5.92 Å². The first kappa shape index (κ1) is 15.5. The Morgan fingerprint density at radius 2 is 1.80 bits per heavy atom. The molecule has 0 spiro atoms. The van der Waals surface area contributed by atoms with Crippen molar-refractivity contribution in [3.05, 3.63) is 35.6 Å². The minimum atomic E-state index is -0.102. The van der Waals surface area contributed by atoms with E-state index < -0.39 is 0 Å². The topological polar surface area (TPSA) is 15.3 Å². The summed E-state index contributed by atoms with van der Waals surface area (Å²) in [5, 5.41) is 3.30. The summed E-state index contributed by atoms with van der Waals surface area (Å²) in [7, 11) is 1.93. The quantitative estimate of drug-likeness (QED) is 0.885. The molecule has 1 fully saturated rings. The molecule has 1 aromatic rings. The minimum absolute atomic E-state index is 0.0828. The van der Waals surface area contributed by atoms with Crippen LogP contribution in [-0.4, -0.2) is 31.6 Å². The average Bonchev–Trinajstić information content (AvgIpc) is 2.70. The van der Waals surface area contributed by atoms with Crippen LogP contribution in [0.15, 0.2) is 24.3 Å². The van der Waals surface area contributed by atoms with Crippen molar-refractivity contribution in [3.8, 4) is 0 Å². The maximum absolute atomic E-state index is 14.0. The second-order valence-corrected chi connectivity index (χ2v) is 5.98. The van der Waals surface area contributed by atoms with Crippen molar-refractivity contribution >= 4 is 0 Å². The van der Waals surface area contributed by atoms with E-state index in [1.54, 1.807) is 12.1 Å². The molecule has 2 rings (SSSR count). The SMILES string of the molecule is CNC(c1ccccc1F)C(C)CN1CCCCCC1. The third kappa shape index (κ3) is 4.03. The van der Waals surface area contributed by atoms with Crippen LogP contribution in [0.4, 0.5) is 4.39 Å². The Kier molecular flexibility index (Phi) is 5.99. The van der Waals surface area contributed by atoms with Crippen LogP contribution in [-0.2, 0) is 0 Å². The molecule has 0 saturated carbocycles. The molecule has 2 atom stereocenters. The third-order valence-electron chi connectivity index (χ3n) is 4.37. The van der Waals surface area contributed by atoms with Crippen LogP contribution < -0.4 is 5.32 Å². The average molecular weight is 278 g/mol. The Morgan fingerprint density at radius 1 is 1.15 bits per heavy atom. The third-order valence-corrected chi connectivity index (χ3v) is 4.37. The lowest BCUT2D eigenvalue weighted by Crippen LogP contribution is -2.35. The Morgan fingerprint density at radius 3 is 2.40 bits per heavy atom. The van der Waals surface area contributed by atoms with Crippen LogP contribution in [0, 0.1) is 11.7 Å². The van der Waals surface area contributed by atoms with Gasteiger partial charge in [-0.05, 0) is 45.0 Å². The lowest BCUT2D eigenvalue weighted by molar-refractivity contribution is 0.219. The lowest BCUT2D eigenvalue weighted by Gasteiger charge is -2.30. The first-order valence-corrected chi connectivity index (χ1v) is 7.86. The summed E-state index contributed by atoms with van der Waals surface area (Å²) in [4.78, 5) is 2.54. The molecule has 2 nitrogen and oxygen atoms in total. The molecule has 0 radical (unpaired) electrons. The largest absolute Gasteiger partial charge is 0.313 e. The van der Waals surface area contributed by atoms with E-state index in [1.807, 2.05) is 19.2 Å². The van der Waals surface area contributed by atoms with Gasteiger partial charge in [0.25, 0.3) is 0 Å². The maximum atomic E-state index is 14.0. The highest BCUT2D eigenvalue weighted by molar-refractivity contribution is 5.21. The van der Waals surface area contributed by atoms with Gasteiger partial charge >= 0.3 is 0 Å². The molecule has 1 saturated heterocycles. The Balaban J connectivity index is 2.01. The number of hydrogen-bond acceptors (Lipinski definition) is 2. The van der Waals surface area contributed by atoms with E-state index in [2.05, 4.69) is 17.1 Å². The van der Waals surface area contributed by atoms with Gasteiger partial charge in [0, 0.05) is 18.2 Å². The molecule has 1 aliphatic rings. The number of nitrogens with zero attached hydrogens (tertiary/aromatic N) is 1. The molecule has 1 heterocycles. The molecule has 1 aromatic carbocycles. The molecule has 0 aliphatic carbocycles. The number of halogens is 1. The highest BCUT2D eigenvalue weighted by Crippen LogP contribution is 2.25. The second kappa shape index (κ2) is 7.75. The van der Waals surface area contributed by atoms with E-state index in [0.29, 0.717) is 5.92 Å². The van der Waals surface area contributed by atoms with Crippen LogP contribution in [0.25, 0.3) is 0 Å². The summed E-state index contributed by atoms with van der Waals surface area (Å²) in [5.74, 6) is 0.296. The summed E-state index contributed by atoms with van der Waals surface area (Å²) in [5.41, 5.74) is 0.789. The highest BCUT2D eigenvalue weighted by atomic mass is 19.1. The molecule has 0 aromatic heterocycles. The van der Waals surface area contributed by atoms with Gasteiger partial charge in [-0.2, -0.15) is 0 Å². The molecule has 1 N–H and O–H groups in total. The number of nitrogens with one attached hydrogen (secondary N) is 1. The molecular formula is C17H27FN2. The van der Waals surface area contributed by atoms with Gasteiger partial charge in [0.2, 0.25) is 0 Å². The summed E-state index contributed by atoms with van der Waals surface area (Å²) in [6.45, 7) is 5.65. The zero-order valence-corrected chi connectivity index (χ0v) is 12.7. The summed E-state index contributed by atoms with van der Waals surface area (Å²) < 4.78 is 14.0. The van der Waals surface area contributed by atoms with E-state index in [-0.39, 0.29) is 11.9 Å². The van der Waals surface area contributed by atoms with Crippen molar-refractivity contribution in [2.75, 3.05) is 26.7 Å². The zero-order valence-electron chi connectivity index (χ0n) is 12.7. The van der Waals surface area contributed by atoms with Crippen molar-refractivity contribution in [1.29, 1.82) is 0 Å². The van der Waals surface area contributed by atoms with E-state index in [9.17, 15) is 4.39 Å². The summed E-state index contributed by atoms with van der Waals surface area (Å²) >= 11 is 0. The monoisotopic (exact) mass is 278 g/mol. The smallest absolute Gasteiger partial charge is 0.127 e. The zero-order chi connectivity index (χ0) is 14.4. The van der Waals surface area contributed by atoms with Crippen LogP contribution in [0.3, 0.4) is 0 Å². The molecule has 112 valence electrons. The van der Waals surface area contributed by atoms with E-state index >= 15 is 0 Å². The standard InChI is InChI=1S/C17H27FN2/c1-14(13-20-11-7-3-4-8-12-20)17(19-2)15-9-5-6-10-16(15)18/h5-6,9-10,14,17,19H,3-4,7-8,11-13H2,1-2H3. The van der Waals surface area contributed by atoms with Crippen molar-refractivity contribution < 1.29 is 4.39 Å². The van der Waals surface area contributed by atoms with Gasteiger partial charge in [0.15, 0.2) is 0 Å². The van der Waals surface area contributed by atoms with Crippen LogP contribution in [0.1, 0.15) is 44.2 Å². The molecule has 20 heavy (non-hydrogen) atoms. The molecule has 0 bridgehead atoms. The predicted molar refractivity (Wildman–Crippen MR) is 82.3 cm³/mol. The van der Waals surface area contributed by atoms with Gasteiger partial charge in [-0.15, -0.1) is 0 Å². The second-order valence-electron chi connectivity index (χ2n) is 5.98. The van der Waals surface area contributed by atoms with Crippen molar-refractivity contribution in [1.82, 2.24) is 10.2 Å². The van der Waals surface area contributed by atoms with E-state index in [1.165, 1.54) is 38.8 Å². The van der Waals surface area contributed by atoms with Crippen LogP contribution >= 0.6 is 0 Å². The van der Waals surface area contributed by atoms with Crippen LogP contribution in [0.5, 0.6) is 0 Å². The van der Waals surface area contributed by atoms with E-state index in [4.69, 9.17) is 0 Å². The molecule has 3 heteroatoms. The molecule has 2 unspecified atom stereocenters. The minimum Gasteiger partial charge on any atom is -0.313 e. The highest BCUT2D eigenvalue weighted by Gasteiger charge is 2.22. The molecule has 0 amide bonds.